The van der Waals surface area contributed by atoms with Crippen LogP contribution in [0.5, 0.6) is 5.75 Å². The molecule has 7 rings (SSSR count). The molecule has 2 aliphatic carbocycles. The maximum absolute atomic E-state index is 13.3. The Morgan fingerprint density at radius 1 is 1.11 bits per heavy atom. The van der Waals surface area contributed by atoms with Gasteiger partial charge in [0.15, 0.2) is 0 Å². The molecule has 0 atom stereocenters. The van der Waals surface area contributed by atoms with Gasteiger partial charge in [0.1, 0.15) is 18.2 Å². The first-order valence-corrected chi connectivity index (χ1v) is 13.6. The van der Waals surface area contributed by atoms with Crippen molar-refractivity contribution < 1.29 is 19.4 Å². The van der Waals surface area contributed by atoms with Crippen LogP contribution in [0.25, 0.3) is 0 Å². The lowest BCUT2D eigenvalue weighted by atomic mass is 9.73. The number of halogens is 1. The lowest BCUT2D eigenvalue weighted by Crippen LogP contribution is -2.55. The lowest BCUT2D eigenvalue weighted by Gasteiger charge is -2.45. The van der Waals surface area contributed by atoms with Crippen LogP contribution < -0.4 is 15.0 Å². The quantitative estimate of drug-likeness (QED) is 0.625. The summed E-state index contributed by atoms with van der Waals surface area (Å²) in [6, 6.07) is 7.66. The van der Waals surface area contributed by atoms with Crippen LogP contribution in [0.2, 0.25) is 5.02 Å². The van der Waals surface area contributed by atoms with Crippen LogP contribution in [-0.4, -0.2) is 64.7 Å². The highest BCUT2D eigenvalue weighted by Gasteiger charge is 2.62. The number of ether oxygens (including phenoxy) is 1. The number of likely N-dealkylation sites (tertiary alicyclic amines) is 1. The molecule has 1 saturated heterocycles. The zero-order valence-corrected chi connectivity index (χ0v) is 21.7. The highest BCUT2D eigenvalue weighted by molar-refractivity contribution is 6.31. The summed E-state index contributed by atoms with van der Waals surface area (Å²) in [4.78, 5) is 35.0. The van der Waals surface area contributed by atoms with E-state index in [1.54, 1.807) is 6.20 Å². The summed E-state index contributed by atoms with van der Waals surface area (Å²) in [7, 11) is 0. The Labute approximate surface area is 220 Å². The van der Waals surface area contributed by atoms with Gasteiger partial charge in [-0.2, -0.15) is 0 Å². The summed E-state index contributed by atoms with van der Waals surface area (Å²) in [5, 5.41) is 13.9. The first kappa shape index (κ1) is 23.4. The topological polar surface area (TPSA) is 95.0 Å². The Bertz CT molecular complexity index is 1310. The molecule has 1 aromatic heterocycles. The maximum Gasteiger partial charge on any atom is 0.239 e. The summed E-state index contributed by atoms with van der Waals surface area (Å²) in [6.45, 7) is 4.70. The van der Waals surface area contributed by atoms with E-state index in [0.717, 1.165) is 67.9 Å². The molecule has 3 aliphatic heterocycles. The van der Waals surface area contributed by atoms with Gasteiger partial charge in [0.25, 0.3) is 0 Å². The van der Waals surface area contributed by atoms with Crippen LogP contribution >= 0.6 is 11.6 Å². The summed E-state index contributed by atoms with van der Waals surface area (Å²) in [6.07, 6.45) is 6.09. The molecule has 0 unspecified atom stereocenters. The minimum absolute atomic E-state index is 0.0211. The minimum atomic E-state index is -0.695. The molecule has 37 heavy (non-hydrogen) atoms. The van der Waals surface area contributed by atoms with Gasteiger partial charge < -0.3 is 15.2 Å². The predicted octanol–water partition coefficient (Wildman–Crippen LogP) is 3.39. The van der Waals surface area contributed by atoms with Crippen LogP contribution in [0.15, 0.2) is 30.5 Å². The fourth-order valence-corrected chi connectivity index (χ4v) is 7.09. The molecule has 2 spiro atoms. The second kappa shape index (κ2) is 7.91. The number of fused-ring (bicyclic) bond motifs is 4. The number of pyridine rings is 1. The van der Waals surface area contributed by atoms with Crippen molar-refractivity contribution in [1.29, 1.82) is 0 Å². The normalized spacial score (nSPS) is 28.7. The first-order chi connectivity index (χ1) is 17.7. The molecular weight excluding hydrogens is 492 g/mol. The molecule has 0 bridgehead atoms. The predicted molar refractivity (Wildman–Crippen MR) is 139 cm³/mol. The van der Waals surface area contributed by atoms with Crippen molar-refractivity contribution in [3.63, 3.8) is 0 Å². The Balaban J connectivity index is 0.986. The SMILES string of the molecule is CC1(O)CC(N2C(=O)C3(CC3)c3cc(OCCN4CCC5(CC4)C(=O)Nc4ccc(Cl)cc45)cnc32)C1. The molecule has 2 amide bonds. The number of hydrogen-bond acceptors (Lipinski definition) is 6. The third kappa shape index (κ3) is 3.52. The minimum Gasteiger partial charge on any atom is -0.491 e. The average Bonchev–Trinajstić information content (AvgIpc) is 3.58. The third-order valence-corrected chi connectivity index (χ3v) is 9.48. The number of anilines is 2. The Morgan fingerprint density at radius 3 is 2.57 bits per heavy atom. The van der Waals surface area contributed by atoms with Crippen molar-refractivity contribution in [2.75, 3.05) is 36.5 Å². The van der Waals surface area contributed by atoms with Crippen LogP contribution in [0.1, 0.15) is 56.6 Å². The van der Waals surface area contributed by atoms with Gasteiger partial charge in [-0.1, -0.05) is 11.6 Å². The van der Waals surface area contributed by atoms with E-state index >= 15 is 0 Å². The van der Waals surface area contributed by atoms with E-state index < -0.39 is 16.4 Å². The number of carbonyl (C=O) groups is 2. The number of amides is 2. The zero-order valence-electron chi connectivity index (χ0n) is 20.9. The van der Waals surface area contributed by atoms with Crippen molar-refractivity contribution in [2.24, 2.45) is 0 Å². The summed E-state index contributed by atoms with van der Waals surface area (Å²) in [5.74, 6) is 1.64. The molecule has 8 nitrogen and oxygen atoms in total. The Hall–Kier alpha value is -2.68. The van der Waals surface area contributed by atoms with E-state index in [2.05, 4.69) is 15.2 Å². The van der Waals surface area contributed by atoms with Gasteiger partial charge in [-0.15, -0.1) is 0 Å². The molecular formula is C28H31ClN4O4. The molecule has 0 radical (unpaired) electrons. The molecule has 9 heteroatoms. The summed E-state index contributed by atoms with van der Waals surface area (Å²) >= 11 is 6.24. The van der Waals surface area contributed by atoms with Crippen LogP contribution in [-0.2, 0) is 20.4 Å². The van der Waals surface area contributed by atoms with Crippen LogP contribution in [0.3, 0.4) is 0 Å². The first-order valence-electron chi connectivity index (χ1n) is 13.2. The fraction of sp³-hybridized carbons (Fsp3) is 0.536. The van der Waals surface area contributed by atoms with E-state index in [4.69, 9.17) is 16.3 Å². The molecule has 5 aliphatic rings. The Kier molecular flexibility index (Phi) is 5.01. The second-order valence-electron chi connectivity index (χ2n) is 11.8. The molecule has 4 heterocycles. The van der Waals surface area contributed by atoms with Gasteiger partial charge >= 0.3 is 0 Å². The number of aliphatic hydroxyl groups is 1. The maximum atomic E-state index is 13.3. The third-order valence-electron chi connectivity index (χ3n) is 9.25. The number of aromatic nitrogens is 1. The molecule has 2 saturated carbocycles. The number of nitrogens with zero attached hydrogens (tertiary/aromatic N) is 3. The molecule has 2 aromatic rings. The average molecular weight is 523 g/mol. The molecule has 2 N–H and O–H groups in total. The fourth-order valence-electron chi connectivity index (χ4n) is 6.92. The van der Waals surface area contributed by atoms with Crippen molar-refractivity contribution in [3.8, 4) is 5.75 Å². The number of nitrogens with one attached hydrogen (secondary N) is 1. The standard InChI is InChI=1S/C28H31ClN4O4/c1-26(36)14-18(15-26)33-23-21(28(4-5-28)25(33)35)13-19(16-30-23)37-11-10-32-8-6-27(7-9-32)20-12-17(29)2-3-22(20)31-24(27)34/h2-3,12-13,16,18,36H,4-11,14-15H2,1H3,(H,31,34). The van der Waals surface area contributed by atoms with Crippen molar-refractivity contribution in [3.05, 3.63) is 46.6 Å². The Morgan fingerprint density at radius 2 is 1.86 bits per heavy atom. The van der Waals surface area contributed by atoms with Crippen LogP contribution in [0.4, 0.5) is 11.5 Å². The summed E-state index contributed by atoms with van der Waals surface area (Å²) < 4.78 is 6.10. The van der Waals surface area contributed by atoms with Crippen molar-refractivity contribution >= 4 is 34.9 Å². The van der Waals surface area contributed by atoms with Crippen molar-refractivity contribution in [2.45, 2.75) is 67.9 Å². The van der Waals surface area contributed by atoms with Gasteiger partial charge in [-0.25, -0.2) is 4.98 Å². The number of rotatable bonds is 5. The van der Waals surface area contributed by atoms with E-state index in [-0.39, 0.29) is 17.9 Å². The van der Waals surface area contributed by atoms with E-state index in [1.165, 1.54) is 0 Å². The van der Waals surface area contributed by atoms with Gasteiger partial charge in [0.05, 0.1) is 22.6 Å². The van der Waals surface area contributed by atoms with Crippen LogP contribution in [0, 0.1) is 0 Å². The van der Waals surface area contributed by atoms with E-state index in [1.807, 2.05) is 36.1 Å². The summed E-state index contributed by atoms with van der Waals surface area (Å²) in [5.41, 5.74) is 1.25. The molecule has 1 aromatic carbocycles. The van der Waals surface area contributed by atoms with Crippen molar-refractivity contribution in [1.82, 2.24) is 9.88 Å². The van der Waals surface area contributed by atoms with Gasteiger partial charge in [0.2, 0.25) is 11.8 Å². The second-order valence-corrected chi connectivity index (χ2v) is 12.2. The smallest absolute Gasteiger partial charge is 0.239 e. The zero-order chi connectivity index (χ0) is 25.6. The van der Waals surface area contributed by atoms with Gasteiger partial charge in [-0.05, 0) is 88.4 Å². The number of benzene rings is 1. The number of hydrogen-bond donors (Lipinski definition) is 2. The molecule has 194 valence electrons. The monoisotopic (exact) mass is 522 g/mol. The van der Waals surface area contributed by atoms with Gasteiger partial charge in [0, 0.05) is 28.9 Å². The lowest BCUT2D eigenvalue weighted by molar-refractivity contribution is -0.123. The number of carbonyl (C=O) groups excluding carboxylic acids is 2. The molecule has 3 fully saturated rings. The highest BCUT2D eigenvalue weighted by Crippen LogP contribution is 2.59. The van der Waals surface area contributed by atoms with E-state index in [9.17, 15) is 14.7 Å². The van der Waals surface area contributed by atoms with E-state index in [0.29, 0.717) is 30.2 Å². The number of piperidine rings is 1. The van der Waals surface area contributed by atoms with Gasteiger partial charge in [-0.3, -0.25) is 19.4 Å². The highest BCUT2D eigenvalue weighted by atomic mass is 35.5. The largest absolute Gasteiger partial charge is 0.491 e.